The van der Waals surface area contributed by atoms with Crippen LogP contribution >= 0.6 is 11.8 Å². The first-order valence-corrected chi connectivity index (χ1v) is 7.90. The average molecular weight is 316 g/mol. The van der Waals surface area contributed by atoms with E-state index in [0.29, 0.717) is 23.7 Å². The molecule has 1 amide bonds. The summed E-state index contributed by atoms with van der Waals surface area (Å²) in [5.74, 6) is -0.127. The minimum absolute atomic E-state index is 0.127. The number of hydrogen-bond acceptors (Lipinski definition) is 4. The molecular weight excluding hydrogens is 296 g/mol. The minimum Gasteiger partial charge on any atom is -0.383 e. The molecule has 0 aliphatic rings. The molecule has 116 valence electrons. The first-order valence-electron chi connectivity index (χ1n) is 7.09. The van der Waals surface area contributed by atoms with Crippen LogP contribution < -0.4 is 5.32 Å². The van der Waals surface area contributed by atoms with E-state index in [1.54, 1.807) is 25.4 Å². The van der Waals surface area contributed by atoms with Gasteiger partial charge in [-0.2, -0.15) is 0 Å². The predicted octanol–water partition coefficient (Wildman–Crippen LogP) is 3.23. The van der Waals surface area contributed by atoms with Gasteiger partial charge in [0, 0.05) is 24.7 Å². The number of hydrogen-bond donors (Lipinski definition) is 1. The second-order valence-electron chi connectivity index (χ2n) is 4.98. The first-order chi connectivity index (χ1) is 10.6. The van der Waals surface area contributed by atoms with Crippen molar-refractivity contribution in [2.75, 3.05) is 20.3 Å². The molecule has 0 atom stereocenters. The fourth-order valence-corrected chi connectivity index (χ4v) is 2.99. The molecule has 2 aromatic rings. The van der Waals surface area contributed by atoms with Crippen molar-refractivity contribution in [1.82, 2.24) is 10.3 Å². The third kappa shape index (κ3) is 4.32. The van der Waals surface area contributed by atoms with E-state index in [1.165, 1.54) is 22.9 Å². The summed E-state index contributed by atoms with van der Waals surface area (Å²) in [6.45, 7) is 5.09. The molecule has 1 heterocycles. The third-order valence-electron chi connectivity index (χ3n) is 3.16. The highest BCUT2D eigenvalue weighted by molar-refractivity contribution is 7.99. The summed E-state index contributed by atoms with van der Waals surface area (Å²) in [6.07, 6.45) is 1.71. The van der Waals surface area contributed by atoms with Gasteiger partial charge in [0.2, 0.25) is 0 Å². The number of aryl methyl sites for hydroxylation is 2. The molecule has 0 spiro atoms. The summed E-state index contributed by atoms with van der Waals surface area (Å²) in [5, 5.41) is 3.55. The molecule has 1 N–H and O–H groups in total. The SMILES string of the molecule is COCCNC(=O)c1cccnc1Sc1cc(C)ccc1C. The Morgan fingerprint density at radius 3 is 2.91 bits per heavy atom. The maximum atomic E-state index is 12.3. The zero-order chi connectivity index (χ0) is 15.9. The molecule has 0 fully saturated rings. The maximum Gasteiger partial charge on any atom is 0.254 e. The Morgan fingerprint density at radius 2 is 2.14 bits per heavy atom. The molecule has 0 radical (unpaired) electrons. The summed E-state index contributed by atoms with van der Waals surface area (Å²) in [4.78, 5) is 17.7. The number of carbonyl (C=O) groups excluding carboxylic acids is 1. The molecule has 1 aromatic heterocycles. The molecule has 22 heavy (non-hydrogen) atoms. The standard InChI is InChI=1S/C17H20N2O2S/c1-12-6-7-13(2)15(11-12)22-17-14(5-4-8-19-17)16(20)18-9-10-21-3/h4-8,11H,9-10H2,1-3H3,(H,18,20). The largest absolute Gasteiger partial charge is 0.383 e. The Labute approximate surface area is 135 Å². The van der Waals surface area contributed by atoms with Gasteiger partial charge in [0.05, 0.1) is 12.2 Å². The van der Waals surface area contributed by atoms with Crippen LogP contribution in [-0.2, 0) is 4.74 Å². The highest BCUT2D eigenvalue weighted by Crippen LogP contribution is 2.31. The fraction of sp³-hybridized carbons (Fsp3) is 0.294. The monoisotopic (exact) mass is 316 g/mol. The van der Waals surface area contributed by atoms with Crippen LogP contribution in [0.3, 0.4) is 0 Å². The molecular formula is C17H20N2O2S. The topological polar surface area (TPSA) is 51.2 Å². The van der Waals surface area contributed by atoms with Crippen LogP contribution in [0.2, 0.25) is 0 Å². The summed E-state index contributed by atoms with van der Waals surface area (Å²) in [5.41, 5.74) is 2.95. The quantitative estimate of drug-likeness (QED) is 0.831. The van der Waals surface area contributed by atoms with E-state index in [1.807, 2.05) is 0 Å². The molecule has 0 bridgehead atoms. The highest BCUT2D eigenvalue weighted by Gasteiger charge is 2.14. The Morgan fingerprint density at radius 1 is 1.32 bits per heavy atom. The van der Waals surface area contributed by atoms with Gasteiger partial charge in [0.1, 0.15) is 5.03 Å². The summed E-state index contributed by atoms with van der Waals surface area (Å²) < 4.78 is 4.95. The van der Waals surface area contributed by atoms with E-state index < -0.39 is 0 Å². The lowest BCUT2D eigenvalue weighted by Crippen LogP contribution is -2.27. The second-order valence-corrected chi connectivity index (χ2v) is 6.01. The van der Waals surface area contributed by atoms with E-state index in [2.05, 4.69) is 42.3 Å². The smallest absolute Gasteiger partial charge is 0.254 e. The van der Waals surface area contributed by atoms with Crippen molar-refractivity contribution in [3.05, 3.63) is 53.2 Å². The Balaban J connectivity index is 2.21. The van der Waals surface area contributed by atoms with Gasteiger partial charge in [-0.3, -0.25) is 4.79 Å². The lowest BCUT2D eigenvalue weighted by molar-refractivity contribution is 0.0933. The minimum atomic E-state index is -0.127. The van der Waals surface area contributed by atoms with Crippen molar-refractivity contribution in [3.8, 4) is 0 Å². The lowest BCUT2D eigenvalue weighted by Gasteiger charge is -2.10. The summed E-state index contributed by atoms with van der Waals surface area (Å²) >= 11 is 1.52. The number of nitrogens with one attached hydrogen (secondary N) is 1. The number of benzene rings is 1. The Kier molecular flexibility index (Phi) is 5.98. The summed E-state index contributed by atoms with van der Waals surface area (Å²) in [7, 11) is 1.61. The number of amides is 1. The van der Waals surface area contributed by atoms with E-state index in [0.717, 1.165) is 4.90 Å². The van der Waals surface area contributed by atoms with Crippen LogP contribution in [-0.4, -0.2) is 31.2 Å². The van der Waals surface area contributed by atoms with Gasteiger partial charge in [0.15, 0.2) is 0 Å². The Bertz CT molecular complexity index is 659. The third-order valence-corrected chi connectivity index (χ3v) is 4.34. The van der Waals surface area contributed by atoms with Crippen LogP contribution in [0, 0.1) is 13.8 Å². The number of aromatic nitrogens is 1. The van der Waals surface area contributed by atoms with E-state index in [9.17, 15) is 4.79 Å². The van der Waals surface area contributed by atoms with Crippen LogP contribution in [0.4, 0.5) is 0 Å². The molecule has 0 aliphatic heterocycles. The molecule has 5 heteroatoms. The normalized spacial score (nSPS) is 10.5. The number of methoxy groups -OCH3 is 1. The van der Waals surface area contributed by atoms with Gasteiger partial charge in [-0.05, 0) is 43.2 Å². The molecule has 0 unspecified atom stereocenters. The van der Waals surface area contributed by atoms with Crippen molar-refractivity contribution in [1.29, 1.82) is 0 Å². The number of ether oxygens (including phenoxy) is 1. The van der Waals surface area contributed by atoms with Crippen LogP contribution in [0.5, 0.6) is 0 Å². The average Bonchev–Trinajstić information content (AvgIpc) is 2.51. The van der Waals surface area contributed by atoms with Crippen LogP contribution in [0.15, 0.2) is 46.5 Å². The molecule has 4 nitrogen and oxygen atoms in total. The zero-order valence-electron chi connectivity index (χ0n) is 13.1. The van der Waals surface area contributed by atoms with Gasteiger partial charge in [-0.15, -0.1) is 0 Å². The van der Waals surface area contributed by atoms with Crippen molar-refractivity contribution >= 4 is 17.7 Å². The number of pyridine rings is 1. The zero-order valence-corrected chi connectivity index (χ0v) is 13.9. The first kappa shape index (κ1) is 16.5. The van der Waals surface area contributed by atoms with Crippen LogP contribution in [0.1, 0.15) is 21.5 Å². The van der Waals surface area contributed by atoms with Gasteiger partial charge in [-0.1, -0.05) is 23.9 Å². The summed E-state index contributed by atoms with van der Waals surface area (Å²) in [6, 6.07) is 9.84. The van der Waals surface area contributed by atoms with Gasteiger partial charge >= 0.3 is 0 Å². The molecule has 0 saturated heterocycles. The van der Waals surface area contributed by atoms with Crippen molar-refractivity contribution in [2.24, 2.45) is 0 Å². The van der Waals surface area contributed by atoms with Crippen molar-refractivity contribution in [2.45, 2.75) is 23.8 Å². The van der Waals surface area contributed by atoms with E-state index in [-0.39, 0.29) is 5.91 Å². The van der Waals surface area contributed by atoms with Crippen molar-refractivity contribution < 1.29 is 9.53 Å². The number of carbonyl (C=O) groups is 1. The Hall–Kier alpha value is -1.85. The van der Waals surface area contributed by atoms with Gasteiger partial charge in [-0.25, -0.2) is 4.98 Å². The van der Waals surface area contributed by atoms with Crippen molar-refractivity contribution in [3.63, 3.8) is 0 Å². The number of rotatable bonds is 6. The molecule has 2 rings (SSSR count). The van der Waals surface area contributed by atoms with E-state index in [4.69, 9.17) is 4.74 Å². The predicted molar refractivity (Wildman–Crippen MR) is 88.5 cm³/mol. The van der Waals surface area contributed by atoms with Gasteiger partial charge < -0.3 is 10.1 Å². The van der Waals surface area contributed by atoms with Gasteiger partial charge in [0.25, 0.3) is 5.91 Å². The number of nitrogens with zero attached hydrogens (tertiary/aromatic N) is 1. The lowest BCUT2D eigenvalue weighted by atomic mass is 10.2. The highest BCUT2D eigenvalue weighted by atomic mass is 32.2. The molecule has 0 aliphatic carbocycles. The van der Waals surface area contributed by atoms with Crippen LogP contribution in [0.25, 0.3) is 0 Å². The van der Waals surface area contributed by atoms with E-state index >= 15 is 0 Å². The fourth-order valence-electron chi connectivity index (χ4n) is 1.93. The molecule has 1 aromatic carbocycles. The maximum absolute atomic E-state index is 12.3. The molecule has 0 saturated carbocycles. The second kappa shape index (κ2) is 7.96.